The van der Waals surface area contributed by atoms with E-state index < -0.39 is 6.10 Å². The standard InChI is InChI=1S/C11H22O3/c1-8-3-4-11(13)9(5-8)6-10(12)7-14-2/h8-13H,3-7H2,1-2H3. The van der Waals surface area contributed by atoms with Gasteiger partial charge in [-0.1, -0.05) is 6.92 Å². The molecule has 1 rings (SSSR count). The molecule has 0 aromatic rings. The van der Waals surface area contributed by atoms with Crippen molar-refractivity contribution in [3.05, 3.63) is 0 Å². The van der Waals surface area contributed by atoms with Gasteiger partial charge in [-0.3, -0.25) is 0 Å². The summed E-state index contributed by atoms with van der Waals surface area (Å²) in [6.07, 6.45) is 3.04. The number of ether oxygens (including phenoxy) is 1. The van der Waals surface area contributed by atoms with E-state index >= 15 is 0 Å². The van der Waals surface area contributed by atoms with Crippen molar-refractivity contribution in [2.45, 2.75) is 44.8 Å². The van der Waals surface area contributed by atoms with Crippen LogP contribution >= 0.6 is 0 Å². The normalized spacial score (nSPS) is 35.6. The highest BCUT2D eigenvalue weighted by Gasteiger charge is 2.28. The summed E-state index contributed by atoms with van der Waals surface area (Å²) in [6.45, 7) is 2.58. The Morgan fingerprint density at radius 3 is 2.79 bits per heavy atom. The Morgan fingerprint density at radius 1 is 1.43 bits per heavy atom. The number of hydrogen-bond donors (Lipinski definition) is 2. The van der Waals surface area contributed by atoms with Crippen LogP contribution < -0.4 is 0 Å². The molecule has 14 heavy (non-hydrogen) atoms. The number of hydrogen-bond acceptors (Lipinski definition) is 3. The van der Waals surface area contributed by atoms with Crippen LogP contribution in [0.4, 0.5) is 0 Å². The molecule has 2 N–H and O–H groups in total. The van der Waals surface area contributed by atoms with Crippen LogP contribution in [0, 0.1) is 11.8 Å². The van der Waals surface area contributed by atoms with Gasteiger partial charge < -0.3 is 14.9 Å². The topological polar surface area (TPSA) is 49.7 Å². The second kappa shape index (κ2) is 5.69. The highest BCUT2D eigenvalue weighted by atomic mass is 16.5. The van der Waals surface area contributed by atoms with Crippen molar-refractivity contribution < 1.29 is 14.9 Å². The molecule has 0 aliphatic heterocycles. The molecule has 0 aromatic heterocycles. The molecule has 3 heteroatoms. The van der Waals surface area contributed by atoms with Gasteiger partial charge in [0, 0.05) is 7.11 Å². The lowest BCUT2D eigenvalue weighted by molar-refractivity contribution is -0.00323. The van der Waals surface area contributed by atoms with Gasteiger partial charge in [-0.2, -0.15) is 0 Å². The summed E-state index contributed by atoms with van der Waals surface area (Å²) in [6, 6.07) is 0. The summed E-state index contributed by atoms with van der Waals surface area (Å²) in [5.74, 6) is 0.932. The molecule has 0 spiro atoms. The van der Waals surface area contributed by atoms with E-state index in [1.54, 1.807) is 7.11 Å². The Bertz CT molecular complexity index is 161. The fraction of sp³-hybridized carbons (Fsp3) is 1.00. The third-order valence-electron chi connectivity index (χ3n) is 3.14. The van der Waals surface area contributed by atoms with E-state index in [0.717, 1.165) is 19.3 Å². The maximum Gasteiger partial charge on any atom is 0.0777 e. The van der Waals surface area contributed by atoms with E-state index in [2.05, 4.69) is 6.92 Å². The van der Waals surface area contributed by atoms with Crippen LogP contribution in [-0.2, 0) is 4.74 Å². The van der Waals surface area contributed by atoms with Gasteiger partial charge in [0.15, 0.2) is 0 Å². The summed E-state index contributed by atoms with van der Waals surface area (Å²) in [5.41, 5.74) is 0. The van der Waals surface area contributed by atoms with E-state index in [-0.39, 0.29) is 12.0 Å². The van der Waals surface area contributed by atoms with E-state index in [9.17, 15) is 10.2 Å². The molecule has 0 aromatic carbocycles. The summed E-state index contributed by atoms with van der Waals surface area (Å²) in [5, 5.41) is 19.3. The smallest absolute Gasteiger partial charge is 0.0777 e. The lowest BCUT2D eigenvalue weighted by atomic mass is 9.78. The van der Waals surface area contributed by atoms with Crippen molar-refractivity contribution in [2.75, 3.05) is 13.7 Å². The van der Waals surface area contributed by atoms with Gasteiger partial charge in [0.05, 0.1) is 18.8 Å². The summed E-state index contributed by atoms with van der Waals surface area (Å²) in [7, 11) is 1.59. The van der Waals surface area contributed by atoms with E-state index in [4.69, 9.17) is 4.74 Å². The van der Waals surface area contributed by atoms with Crippen LogP contribution in [0.1, 0.15) is 32.6 Å². The summed E-state index contributed by atoms with van der Waals surface area (Å²) in [4.78, 5) is 0. The van der Waals surface area contributed by atoms with Gasteiger partial charge >= 0.3 is 0 Å². The third kappa shape index (κ3) is 3.56. The maximum atomic E-state index is 9.75. The van der Waals surface area contributed by atoms with Crippen LogP contribution in [0.15, 0.2) is 0 Å². The second-order valence-corrected chi connectivity index (χ2v) is 4.59. The monoisotopic (exact) mass is 202 g/mol. The average molecular weight is 202 g/mol. The molecule has 4 atom stereocenters. The molecule has 0 saturated heterocycles. The molecule has 0 amide bonds. The Balaban J connectivity index is 2.33. The van der Waals surface area contributed by atoms with Crippen molar-refractivity contribution in [1.82, 2.24) is 0 Å². The first-order valence-corrected chi connectivity index (χ1v) is 5.48. The quantitative estimate of drug-likeness (QED) is 0.719. The van der Waals surface area contributed by atoms with Crippen molar-refractivity contribution in [1.29, 1.82) is 0 Å². The molecular weight excluding hydrogens is 180 g/mol. The highest BCUT2D eigenvalue weighted by molar-refractivity contribution is 4.79. The maximum absolute atomic E-state index is 9.75. The Kier molecular flexibility index (Phi) is 4.85. The SMILES string of the molecule is COCC(O)CC1CC(C)CCC1O. The molecule has 0 heterocycles. The van der Waals surface area contributed by atoms with Crippen LogP contribution in [0.5, 0.6) is 0 Å². The first-order valence-electron chi connectivity index (χ1n) is 5.48. The van der Waals surface area contributed by atoms with E-state index in [0.29, 0.717) is 18.9 Å². The Labute approximate surface area is 86.1 Å². The van der Waals surface area contributed by atoms with Gasteiger partial charge in [-0.15, -0.1) is 0 Å². The molecule has 4 unspecified atom stereocenters. The second-order valence-electron chi connectivity index (χ2n) is 4.59. The van der Waals surface area contributed by atoms with Crippen LogP contribution in [0.2, 0.25) is 0 Å². The van der Waals surface area contributed by atoms with Crippen LogP contribution in [0.3, 0.4) is 0 Å². The molecule has 1 aliphatic carbocycles. The molecule has 3 nitrogen and oxygen atoms in total. The molecule has 0 radical (unpaired) electrons. The van der Waals surface area contributed by atoms with Crippen LogP contribution in [-0.4, -0.2) is 36.1 Å². The van der Waals surface area contributed by atoms with Crippen molar-refractivity contribution in [2.24, 2.45) is 11.8 Å². The molecule has 84 valence electrons. The predicted molar refractivity (Wildman–Crippen MR) is 55.0 cm³/mol. The number of aliphatic hydroxyl groups is 2. The minimum absolute atomic E-state index is 0.224. The Morgan fingerprint density at radius 2 is 2.14 bits per heavy atom. The minimum atomic E-state index is -0.426. The zero-order valence-corrected chi connectivity index (χ0v) is 9.15. The molecular formula is C11H22O3. The molecule has 0 bridgehead atoms. The fourth-order valence-electron chi connectivity index (χ4n) is 2.35. The lowest BCUT2D eigenvalue weighted by Gasteiger charge is -2.32. The van der Waals surface area contributed by atoms with E-state index in [1.807, 2.05) is 0 Å². The largest absolute Gasteiger partial charge is 0.393 e. The fourth-order valence-corrected chi connectivity index (χ4v) is 2.35. The predicted octanol–water partition coefficient (Wildman–Crippen LogP) is 1.18. The average Bonchev–Trinajstić information content (AvgIpc) is 2.12. The first kappa shape index (κ1) is 12.0. The number of aliphatic hydroxyl groups excluding tert-OH is 2. The van der Waals surface area contributed by atoms with Gasteiger partial charge in [0.1, 0.15) is 0 Å². The van der Waals surface area contributed by atoms with Gasteiger partial charge in [0.25, 0.3) is 0 Å². The number of methoxy groups -OCH3 is 1. The zero-order valence-electron chi connectivity index (χ0n) is 9.15. The van der Waals surface area contributed by atoms with Crippen molar-refractivity contribution >= 4 is 0 Å². The first-order chi connectivity index (χ1) is 6.63. The zero-order chi connectivity index (χ0) is 10.6. The van der Waals surface area contributed by atoms with Crippen molar-refractivity contribution in [3.63, 3.8) is 0 Å². The van der Waals surface area contributed by atoms with Crippen molar-refractivity contribution in [3.8, 4) is 0 Å². The van der Waals surface area contributed by atoms with E-state index in [1.165, 1.54) is 0 Å². The van der Waals surface area contributed by atoms with Gasteiger partial charge in [-0.25, -0.2) is 0 Å². The molecule has 1 fully saturated rings. The Hall–Kier alpha value is -0.120. The molecule has 1 saturated carbocycles. The third-order valence-corrected chi connectivity index (χ3v) is 3.14. The van der Waals surface area contributed by atoms with Crippen LogP contribution in [0.25, 0.3) is 0 Å². The van der Waals surface area contributed by atoms with Gasteiger partial charge in [0.2, 0.25) is 0 Å². The van der Waals surface area contributed by atoms with Gasteiger partial charge in [-0.05, 0) is 37.5 Å². The summed E-state index contributed by atoms with van der Waals surface area (Å²) < 4.78 is 4.88. The highest BCUT2D eigenvalue weighted by Crippen LogP contribution is 2.31. The lowest BCUT2D eigenvalue weighted by Crippen LogP contribution is -2.32. The number of rotatable bonds is 4. The minimum Gasteiger partial charge on any atom is -0.393 e. The summed E-state index contributed by atoms with van der Waals surface area (Å²) >= 11 is 0. The molecule has 1 aliphatic rings.